The van der Waals surface area contributed by atoms with Crippen LogP contribution >= 0.6 is 0 Å². The van der Waals surface area contributed by atoms with Crippen LogP contribution in [0.2, 0.25) is 0 Å². The number of Topliss-reactive ketones (excluding diaryl/α,β-unsaturated/α-hetero) is 1. The predicted octanol–water partition coefficient (Wildman–Crippen LogP) is 4.10. The number of likely N-dealkylation sites (N-methyl/N-ethyl adjacent to an activating group) is 1. The third-order valence-corrected chi connectivity index (χ3v) is 6.31. The molecule has 198 valence electrons. The van der Waals surface area contributed by atoms with Crippen molar-refractivity contribution < 1.29 is 29.5 Å². The maximum atomic E-state index is 13.2. The molecule has 2 N–H and O–H groups in total. The molecule has 1 atom stereocenters. The molecule has 0 aromatic heterocycles. The Morgan fingerprint density at radius 2 is 1.78 bits per heavy atom. The van der Waals surface area contributed by atoms with Gasteiger partial charge in [-0.1, -0.05) is 33.8 Å². The van der Waals surface area contributed by atoms with Crippen molar-refractivity contribution in [3.05, 3.63) is 69.3 Å². The van der Waals surface area contributed by atoms with E-state index in [2.05, 4.69) is 4.90 Å². The van der Waals surface area contributed by atoms with Crippen LogP contribution in [0.3, 0.4) is 0 Å². The zero-order valence-corrected chi connectivity index (χ0v) is 21.5. The van der Waals surface area contributed by atoms with Crippen molar-refractivity contribution in [1.29, 1.82) is 0 Å². The Labute approximate surface area is 215 Å². The van der Waals surface area contributed by atoms with E-state index in [4.69, 9.17) is 4.74 Å². The molecule has 10 nitrogen and oxygen atoms in total. The molecule has 3 rings (SSSR count). The van der Waals surface area contributed by atoms with Crippen LogP contribution in [0.1, 0.15) is 44.9 Å². The average molecular weight is 512 g/mol. The highest BCUT2D eigenvalue weighted by Gasteiger charge is 2.46. The molecule has 0 bridgehead atoms. The third-order valence-electron chi connectivity index (χ3n) is 6.31. The summed E-state index contributed by atoms with van der Waals surface area (Å²) in [5.41, 5.74) is -0.183. The van der Waals surface area contributed by atoms with Crippen LogP contribution < -0.4 is 4.74 Å². The van der Waals surface area contributed by atoms with Crippen LogP contribution in [0, 0.1) is 16.0 Å². The summed E-state index contributed by atoms with van der Waals surface area (Å²) < 4.78 is 5.68. The van der Waals surface area contributed by atoms with Gasteiger partial charge in [-0.2, -0.15) is 0 Å². The zero-order valence-electron chi connectivity index (χ0n) is 21.5. The lowest BCUT2D eigenvalue weighted by molar-refractivity contribution is -0.385. The van der Waals surface area contributed by atoms with E-state index >= 15 is 0 Å². The number of aromatic hydroxyl groups is 1. The fourth-order valence-electron chi connectivity index (χ4n) is 4.23. The van der Waals surface area contributed by atoms with Crippen molar-refractivity contribution in [2.75, 3.05) is 32.8 Å². The quantitative estimate of drug-likeness (QED) is 0.151. The standard InChI is InChI=1S/C27H33N3O7/c1-5-28(6-2)13-14-29-24(19-9-12-22(31)21(15-19)30(35)36)23(26(33)27(29)34)25(32)18-7-10-20(11-8-18)37-16-17(3)4/h7-12,15,17,24,31-32H,5-6,13-14,16H2,1-4H3/b25-23-. The second kappa shape index (κ2) is 11.9. The molecule has 1 aliphatic rings. The van der Waals surface area contributed by atoms with E-state index in [1.807, 2.05) is 27.7 Å². The highest BCUT2D eigenvalue weighted by atomic mass is 16.6. The van der Waals surface area contributed by atoms with Gasteiger partial charge in [0.25, 0.3) is 11.7 Å². The second-order valence-electron chi connectivity index (χ2n) is 9.25. The fraction of sp³-hybridized carbons (Fsp3) is 0.407. The Hall–Kier alpha value is -3.92. The molecule has 0 radical (unpaired) electrons. The number of rotatable bonds is 11. The SMILES string of the molecule is CCN(CC)CCN1C(=O)C(=O)/C(=C(\O)c2ccc(OCC(C)C)cc2)C1c1ccc(O)c([N+](=O)[O-])c1. The lowest BCUT2D eigenvalue weighted by Crippen LogP contribution is -2.38. The summed E-state index contributed by atoms with van der Waals surface area (Å²) in [6.45, 7) is 10.6. The van der Waals surface area contributed by atoms with E-state index in [0.717, 1.165) is 25.2 Å². The van der Waals surface area contributed by atoms with Gasteiger partial charge in [0, 0.05) is 24.7 Å². The number of phenols is 1. The highest BCUT2D eigenvalue weighted by molar-refractivity contribution is 6.46. The smallest absolute Gasteiger partial charge is 0.311 e. The number of nitrogens with zero attached hydrogens (tertiary/aromatic N) is 3. The maximum absolute atomic E-state index is 13.2. The van der Waals surface area contributed by atoms with Gasteiger partial charge in [-0.15, -0.1) is 0 Å². The van der Waals surface area contributed by atoms with Gasteiger partial charge in [-0.05, 0) is 54.9 Å². The van der Waals surface area contributed by atoms with Gasteiger partial charge in [0.05, 0.1) is 23.1 Å². The number of nitro groups is 1. The molecule has 0 saturated carbocycles. The van der Waals surface area contributed by atoms with Crippen molar-refractivity contribution >= 4 is 23.1 Å². The first-order valence-electron chi connectivity index (χ1n) is 12.3. The maximum Gasteiger partial charge on any atom is 0.311 e. The number of ketones is 1. The number of benzene rings is 2. The molecule has 1 amide bonds. The molecule has 10 heteroatoms. The first-order valence-corrected chi connectivity index (χ1v) is 12.3. The number of hydrogen-bond donors (Lipinski definition) is 2. The number of carbonyl (C=O) groups is 2. The second-order valence-corrected chi connectivity index (χ2v) is 9.25. The molecule has 1 aliphatic heterocycles. The summed E-state index contributed by atoms with van der Waals surface area (Å²) in [5.74, 6) is -1.68. The molecular weight excluding hydrogens is 478 g/mol. The Morgan fingerprint density at radius 1 is 1.14 bits per heavy atom. The van der Waals surface area contributed by atoms with Gasteiger partial charge in [0.1, 0.15) is 11.5 Å². The van der Waals surface area contributed by atoms with Crippen LogP contribution in [0.5, 0.6) is 11.5 Å². The molecule has 1 saturated heterocycles. The first-order chi connectivity index (χ1) is 17.6. The highest BCUT2D eigenvalue weighted by Crippen LogP contribution is 2.41. The third kappa shape index (κ3) is 6.08. The van der Waals surface area contributed by atoms with Gasteiger partial charge < -0.3 is 24.7 Å². The number of phenolic OH excluding ortho intramolecular Hbond substituents is 1. The number of amides is 1. The molecule has 1 fully saturated rings. The van der Waals surface area contributed by atoms with Gasteiger partial charge in [0.2, 0.25) is 0 Å². The summed E-state index contributed by atoms with van der Waals surface area (Å²) in [5, 5.41) is 32.6. The van der Waals surface area contributed by atoms with Crippen LogP contribution in [-0.4, -0.2) is 69.4 Å². The molecule has 1 unspecified atom stereocenters. The number of likely N-dealkylation sites (tertiary alicyclic amines) is 1. The number of ether oxygens (including phenoxy) is 1. The molecule has 0 spiro atoms. The minimum Gasteiger partial charge on any atom is -0.507 e. The minimum absolute atomic E-state index is 0.166. The monoisotopic (exact) mass is 511 g/mol. The van der Waals surface area contributed by atoms with Crippen LogP contribution in [0.25, 0.3) is 5.76 Å². The first kappa shape index (κ1) is 27.7. The topological polar surface area (TPSA) is 133 Å². The summed E-state index contributed by atoms with van der Waals surface area (Å²) >= 11 is 0. The van der Waals surface area contributed by atoms with Crippen molar-refractivity contribution in [2.24, 2.45) is 5.92 Å². The molecule has 2 aromatic rings. The number of nitro benzene ring substituents is 1. The normalized spacial score (nSPS) is 17.1. The summed E-state index contributed by atoms with van der Waals surface area (Å²) in [7, 11) is 0. The summed E-state index contributed by atoms with van der Waals surface area (Å²) in [4.78, 5) is 40.5. The van der Waals surface area contributed by atoms with E-state index in [1.54, 1.807) is 24.3 Å². The van der Waals surface area contributed by atoms with E-state index < -0.39 is 34.1 Å². The number of aliphatic hydroxyl groups excluding tert-OH is 1. The van der Waals surface area contributed by atoms with E-state index in [0.29, 0.717) is 30.4 Å². The van der Waals surface area contributed by atoms with Gasteiger partial charge in [0.15, 0.2) is 5.75 Å². The van der Waals surface area contributed by atoms with E-state index in [9.17, 15) is 29.9 Å². The van der Waals surface area contributed by atoms with Crippen LogP contribution in [0.4, 0.5) is 5.69 Å². The van der Waals surface area contributed by atoms with Gasteiger partial charge in [-0.25, -0.2) is 0 Å². The Balaban J connectivity index is 2.09. The Bertz CT molecular complexity index is 1190. The Kier molecular flexibility index (Phi) is 8.88. The van der Waals surface area contributed by atoms with Crippen molar-refractivity contribution in [3.63, 3.8) is 0 Å². The van der Waals surface area contributed by atoms with Crippen molar-refractivity contribution in [2.45, 2.75) is 33.7 Å². The largest absolute Gasteiger partial charge is 0.507 e. The number of hydrogen-bond acceptors (Lipinski definition) is 8. The van der Waals surface area contributed by atoms with Gasteiger partial charge in [-0.3, -0.25) is 19.7 Å². The fourth-order valence-corrected chi connectivity index (χ4v) is 4.23. The Morgan fingerprint density at radius 3 is 2.35 bits per heavy atom. The molecule has 0 aliphatic carbocycles. The summed E-state index contributed by atoms with van der Waals surface area (Å²) in [6, 6.07) is 9.13. The van der Waals surface area contributed by atoms with Crippen molar-refractivity contribution in [3.8, 4) is 11.5 Å². The molecule has 37 heavy (non-hydrogen) atoms. The average Bonchev–Trinajstić information content (AvgIpc) is 3.13. The van der Waals surface area contributed by atoms with Crippen LogP contribution in [-0.2, 0) is 9.59 Å². The molecule has 2 aromatic carbocycles. The number of aliphatic hydroxyl groups is 1. The number of carbonyl (C=O) groups excluding carboxylic acids is 2. The predicted molar refractivity (Wildman–Crippen MR) is 138 cm³/mol. The van der Waals surface area contributed by atoms with E-state index in [1.165, 1.54) is 11.0 Å². The molecular formula is C27H33N3O7. The lowest BCUT2D eigenvalue weighted by atomic mass is 9.94. The molecule has 1 heterocycles. The van der Waals surface area contributed by atoms with Crippen LogP contribution in [0.15, 0.2) is 48.0 Å². The summed E-state index contributed by atoms with van der Waals surface area (Å²) in [6.07, 6.45) is 0. The lowest BCUT2D eigenvalue weighted by Gasteiger charge is -2.28. The van der Waals surface area contributed by atoms with E-state index in [-0.39, 0.29) is 23.4 Å². The zero-order chi connectivity index (χ0) is 27.3. The van der Waals surface area contributed by atoms with Gasteiger partial charge >= 0.3 is 5.69 Å². The minimum atomic E-state index is -1.06. The van der Waals surface area contributed by atoms with Crippen molar-refractivity contribution in [1.82, 2.24) is 9.80 Å².